The molecule has 0 aromatic heterocycles. The predicted molar refractivity (Wildman–Crippen MR) is 40.2 cm³/mol. The Hall–Kier alpha value is -1.12. The summed E-state index contributed by atoms with van der Waals surface area (Å²) in [6, 6.07) is 0. The molecule has 0 aliphatic heterocycles. The van der Waals surface area contributed by atoms with Crippen molar-refractivity contribution >= 4 is 0 Å². The third-order valence-corrected chi connectivity index (χ3v) is 0.962. The average Bonchev–Trinajstić information content (AvgIpc) is 1.87. The quantitative estimate of drug-likeness (QED) is 0.343. The van der Waals surface area contributed by atoms with Gasteiger partial charge in [-0.05, 0) is 19.4 Å². The van der Waals surface area contributed by atoms with Gasteiger partial charge in [0, 0.05) is 6.08 Å². The van der Waals surface area contributed by atoms with E-state index >= 15 is 0 Å². The molecule has 0 aliphatic carbocycles. The van der Waals surface area contributed by atoms with Gasteiger partial charge in [-0.3, -0.25) is 10.1 Å². The maximum Gasteiger partial charge on any atom is 0.265 e. The van der Waals surface area contributed by atoms with Gasteiger partial charge in [-0.1, -0.05) is 13.0 Å². The number of allylic oxidation sites excluding steroid dienone is 3. The predicted octanol–water partition coefficient (Wildman–Crippen LogP) is 2.13. The molecule has 56 valence electrons. The van der Waals surface area contributed by atoms with Crippen LogP contribution >= 0.6 is 0 Å². The minimum absolute atomic E-state index is 0.171. The lowest BCUT2D eigenvalue weighted by atomic mass is 10.3. The van der Waals surface area contributed by atoms with Crippen molar-refractivity contribution in [1.29, 1.82) is 0 Å². The highest BCUT2D eigenvalue weighted by molar-refractivity contribution is 5.09. The summed E-state index contributed by atoms with van der Waals surface area (Å²) in [7, 11) is 0. The zero-order valence-electron chi connectivity index (χ0n) is 6.20. The van der Waals surface area contributed by atoms with Crippen molar-refractivity contribution in [2.24, 2.45) is 0 Å². The minimum atomic E-state index is -0.385. The molecule has 0 aromatic carbocycles. The van der Waals surface area contributed by atoms with E-state index < -0.39 is 0 Å². The second kappa shape index (κ2) is 4.73. The molecular weight excluding hydrogens is 130 g/mol. The largest absolute Gasteiger partial charge is 0.265 e. The number of hydrogen-bond acceptors (Lipinski definition) is 2. The first-order valence-corrected chi connectivity index (χ1v) is 3.19. The smallest absolute Gasteiger partial charge is 0.258 e. The van der Waals surface area contributed by atoms with Gasteiger partial charge in [-0.25, -0.2) is 0 Å². The fourth-order valence-corrected chi connectivity index (χ4v) is 0.583. The summed E-state index contributed by atoms with van der Waals surface area (Å²) in [5.41, 5.74) is 0.171. The Morgan fingerprint density at radius 3 is 2.60 bits per heavy atom. The number of nitro groups is 1. The molecule has 0 heterocycles. The first-order valence-electron chi connectivity index (χ1n) is 3.19. The highest BCUT2D eigenvalue weighted by atomic mass is 16.6. The van der Waals surface area contributed by atoms with Crippen molar-refractivity contribution in [2.45, 2.75) is 20.3 Å². The van der Waals surface area contributed by atoms with Crippen molar-refractivity contribution in [3.63, 3.8) is 0 Å². The van der Waals surface area contributed by atoms with E-state index in [2.05, 4.69) is 0 Å². The Bertz CT molecular complexity index is 170. The van der Waals surface area contributed by atoms with E-state index in [0.29, 0.717) is 6.42 Å². The Morgan fingerprint density at radius 2 is 2.30 bits per heavy atom. The van der Waals surface area contributed by atoms with Crippen LogP contribution in [0.15, 0.2) is 23.9 Å². The van der Waals surface area contributed by atoms with Crippen molar-refractivity contribution < 1.29 is 4.92 Å². The summed E-state index contributed by atoms with van der Waals surface area (Å²) in [5, 5.41) is 10.2. The molecule has 3 nitrogen and oxygen atoms in total. The van der Waals surface area contributed by atoms with E-state index in [1.807, 2.05) is 6.92 Å². The molecule has 0 aliphatic rings. The van der Waals surface area contributed by atoms with Gasteiger partial charge in [-0.2, -0.15) is 0 Å². The number of hydrogen-bond donors (Lipinski definition) is 0. The molecule has 3 heteroatoms. The van der Waals surface area contributed by atoms with Gasteiger partial charge in [0.1, 0.15) is 0 Å². The van der Waals surface area contributed by atoms with Crippen molar-refractivity contribution in [2.75, 3.05) is 0 Å². The second-order valence-corrected chi connectivity index (χ2v) is 1.79. The molecule has 0 atom stereocenters. The maximum atomic E-state index is 10.2. The molecule has 0 fully saturated rings. The molecule has 0 rings (SSSR count). The lowest BCUT2D eigenvalue weighted by molar-refractivity contribution is -0.419. The molecule has 0 unspecified atom stereocenters. The van der Waals surface area contributed by atoms with Crippen molar-refractivity contribution in [3.05, 3.63) is 34.0 Å². The van der Waals surface area contributed by atoms with Gasteiger partial charge in [0.2, 0.25) is 0 Å². The van der Waals surface area contributed by atoms with Gasteiger partial charge < -0.3 is 0 Å². The van der Waals surface area contributed by atoms with Crippen molar-refractivity contribution in [1.82, 2.24) is 0 Å². The van der Waals surface area contributed by atoms with Crippen LogP contribution in [-0.4, -0.2) is 4.92 Å². The van der Waals surface area contributed by atoms with E-state index in [1.165, 1.54) is 6.08 Å². The number of rotatable bonds is 3. The zero-order valence-corrected chi connectivity index (χ0v) is 6.20. The molecule has 0 spiro atoms. The van der Waals surface area contributed by atoms with E-state index in [-0.39, 0.29) is 10.6 Å². The van der Waals surface area contributed by atoms with Crippen LogP contribution < -0.4 is 0 Å². The summed E-state index contributed by atoms with van der Waals surface area (Å²) >= 11 is 0. The summed E-state index contributed by atoms with van der Waals surface area (Å²) in [4.78, 5) is 9.78. The normalized spacial score (nSPS) is 12.4. The molecule has 0 aromatic rings. The summed E-state index contributed by atoms with van der Waals surface area (Å²) < 4.78 is 0. The van der Waals surface area contributed by atoms with Gasteiger partial charge in [-0.15, -0.1) is 0 Å². The molecule has 0 N–H and O–H groups in total. The first-order chi connectivity index (χ1) is 4.72. The molecular formula is C7H11NO2. The van der Waals surface area contributed by atoms with E-state index in [0.717, 1.165) is 0 Å². The van der Waals surface area contributed by atoms with Gasteiger partial charge >= 0.3 is 0 Å². The van der Waals surface area contributed by atoms with Gasteiger partial charge in [0.25, 0.3) is 5.70 Å². The second-order valence-electron chi connectivity index (χ2n) is 1.79. The minimum Gasteiger partial charge on any atom is -0.258 e. The molecule has 0 amide bonds. The number of nitrogens with zero attached hydrogens (tertiary/aromatic N) is 1. The van der Waals surface area contributed by atoms with Crippen LogP contribution in [0.2, 0.25) is 0 Å². The summed E-state index contributed by atoms with van der Waals surface area (Å²) in [6.45, 7) is 3.62. The molecule has 0 bridgehead atoms. The maximum absolute atomic E-state index is 10.2. The van der Waals surface area contributed by atoms with E-state index in [9.17, 15) is 10.1 Å². The molecule has 0 radical (unpaired) electrons. The highest BCUT2D eigenvalue weighted by Gasteiger charge is 2.01. The molecule has 10 heavy (non-hydrogen) atoms. The van der Waals surface area contributed by atoms with Crippen LogP contribution in [0.4, 0.5) is 0 Å². The van der Waals surface area contributed by atoms with Crippen LogP contribution in [-0.2, 0) is 0 Å². The Balaban J connectivity index is 4.26. The van der Waals surface area contributed by atoms with Gasteiger partial charge in [0.05, 0.1) is 4.92 Å². The Labute approximate surface area is 60.2 Å². The topological polar surface area (TPSA) is 43.1 Å². The fraction of sp³-hybridized carbons (Fsp3) is 0.429. The average molecular weight is 141 g/mol. The van der Waals surface area contributed by atoms with Crippen LogP contribution in [0.3, 0.4) is 0 Å². The first kappa shape index (κ1) is 8.88. The molecule has 0 saturated heterocycles. The van der Waals surface area contributed by atoms with Crippen molar-refractivity contribution in [3.8, 4) is 0 Å². The van der Waals surface area contributed by atoms with Gasteiger partial charge in [0.15, 0.2) is 0 Å². The fourth-order valence-electron chi connectivity index (χ4n) is 0.583. The third-order valence-electron chi connectivity index (χ3n) is 0.962. The van der Waals surface area contributed by atoms with Crippen LogP contribution in [0, 0.1) is 10.1 Å². The monoisotopic (exact) mass is 141 g/mol. The lowest BCUT2D eigenvalue weighted by Crippen LogP contribution is -1.94. The highest BCUT2D eigenvalue weighted by Crippen LogP contribution is 1.98. The van der Waals surface area contributed by atoms with Crippen LogP contribution in [0.1, 0.15) is 20.3 Å². The summed E-state index contributed by atoms with van der Waals surface area (Å²) in [6.07, 6.45) is 5.43. The summed E-state index contributed by atoms with van der Waals surface area (Å²) in [5.74, 6) is 0. The van der Waals surface area contributed by atoms with E-state index in [4.69, 9.17) is 0 Å². The van der Waals surface area contributed by atoms with Crippen LogP contribution in [0.25, 0.3) is 0 Å². The van der Waals surface area contributed by atoms with Crippen LogP contribution in [0.5, 0.6) is 0 Å². The lowest BCUT2D eigenvalue weighted by Gasteiger charge is -1.87. The van der Waals surface area contributed by atoms with E-state index in [1.54, 1.807) is 19.1 Å². The zero-order chi connectivity index (χ0) is 7.98. The Morgan fingerprint density at radius 1 is 1.70 bits per heavy atom. The molecule has 0 saturated carbocycles. The third kappa shape index (κ3) is 3.02. The Kier molecular flexibility index (Phi) is 4.20. The standard InChI is InChI=1S/C7H11NO2/c1-3-5-7(6-4-2)8(9)10/h3,5-6H,4H2,1-2H3/b5-3-,7-6+. The SMILES string of the molecule is C/C=C\C(=C/CC)[N+](=O)[O-].